The topological polar surface area (TPSA) is 40.6 Å². The van der Waals surface area contributed by atoms with E-state index in [1.54, 1.807) is 0 Å². The molecule has 1 aliphatic rings. The highest BCUT2D eigenvalue weighted by atomic mass is 16.5. The first-order valence-electron chi connectivity index (χ1n) is 11.0. The lowest BCUT2D eigenvalue weighted by molar-refractivity contribution is 0.0938. The molecule has 0 amide bonds. The fourth-order valence-electron chi connectivity index (χ4n) is 4.18. The molecule has 0 aliphatic carbocycles. The van der Waals surface area contributed by atoms with E-state index < -0.39 is 0 Å². The van der Waals surface area contributed by atoms with Gasteiger partial charge in [0.05, 0.1) is 6.61 Å². The fourth-order valence-corrected chi connectivity index (χ4v) is 4.18. The lowest BCUT2D eigenvalue weighted by atomic mass is 10.0. The number of fused-ring (bicyclic) bond motifs is 1. The Kier molecular flexibility index (Phi) is 6.82. The molecule has 1 aliphatic heterocycles. The number of rotatable bonds is 8. The number of nitrogens with zero attached hydrogens (tertiary/aromatic N) is 3. The predicted octanol–water partition coefficient (Wildman–Crippen LogP) is 4.42. The van der Waals surface area contributed by atoms with Gasteiger partial charge in [-0.2, -0.15) is 0 Å². The summed E-state index contributed by atoms with van der Waals surface area (Å²) < 4.78 is 5.89. The first-order chi connectivity index (χ1) is 14.8. The molecule has 0 radical (unpaired) electrons. The van der Waals surface area contributed by atoms with Crippen LogP contribution >= 0.6 is 0 Å². The van der Waals surface area contributed by atoms with Gasteiger partial charge in [-0.25, -0.2) is 0 Å². The van der Waals surface area contributed by atoms with Crippen LogP contribution in [0.15, 0.2) is 60.8 Å². The second kappa shape index (κ2) is 9.92. The van der Waals surface area contributed by atoms with Gasteiger partial charge in [0.1, 0.15) is 11.3 Å². The molecule has 4 rings (SSSR count). The summed E-state index contributed by atoms with van der Waals surface area (Å²) in [5, 5.41) is 4.77. The van der Waals surface area contributed by atoms with Crippen molar-refractivity contribution in [3.63, 3.8) is 0 Å². The molecule has 1 unspecified atom stereocenters. The summed E-state index contributed by atoms with van der Waals surface area (Å²) in [5.74, 6) is 0.862. The van der Waals surface area contributed by atoms with E-state index in [9.17, 15) is 0 Å². The van der Waals surface area contributed by atoms with Crippen molar-refractivity contribution in [2.45, 2.75) is 19.4 Å². The molecule has 5 nitrogen and oxygen atoms in total. The first kappa shape index (κ1) is 20.6. The van der Waals surface area contributed by atoms with Crippen molar-refractivity contribution < 1.29 is 4.74 Å². The quantitative estimate of drug-likeness (QED) is 0.602. The average Bonchev–Trinajstić information content (AvgIpc) is 2.79. The molecule has 3 aromatic rings. The van der Waals surface area contributed by atoms with E-state index in [1.165, 1.54) is 5.56 Å². The predicted molar refractivity (Wildman–Crippen MR) is 124 cm³/mol. The molecule has 0 spiro atoms. The van der Waals surface area contributed by atoms with Crippen LogP contribution in [0.3, 0.4) is 0 Å². The number of hydrogen-bond acceptors (Lipinski definition) is 5. The summed E-state index contributed by atoms with van der Waals surface area (Å²) in [6.45, 7) is 7.99. The molecule has 1 atom stereocenters. The zero-order chi connectivity index (χ0) is 20.8. The van der Waals surface area contributed by atoms with Crippen molar-refractivity contribution in [2.75, 3.05) is 51.7 Å². The lowest BCUT2D eigenvalue weighted by Crippen LogP contribution is -2.48. The van der Waals surface area contributed by atoms with E-state index in [0.717, 1.165) is 61.5 Å². The Morgan fingerprint density at radius 1 is 1.07 bits per heavy atom. The molecular formula is C25H32N4O. The van der Waals surface area contributed by atoms with Crippen LogP contribution in [-0.4, -0.2) is 61.2 Å². The Hall–Kier alpha value is -2.63. The van der Waals surface area contributed by atoms with E-state index in [1.807, 2.05) is 18.3 Å². The second-order valence-corrected chi connectivity index (χ2v) is 8.01. The van der Waals surface area contributed by atoms with Gasteiger partial charge < -0.3 is 15.0 Å². The summed E-state index contributed by atoms with van der Waals surface area (Å²) in [7, 11) is 2.22. The Bertz CT molecular complexity index is 946. The third-order valence-corrected chi connectivity index (χ3v) is 5.79. The maximum atomic E-state index is 5.89. The number of pyridine rings is 1. The first-order valence-corrected chi connectivity index (χ1v) is 11.0. The van der Waals surface area contributed by atoms with E-state index in [-0.39, 0.29) is 0 Å². The number of nitrogens with one attached hydrogen (secondary N) is 1. The van der Waals surface area contributed by atoms with Crippen molar-refractivity contribution in [3.8, 4) is 5.75 Å². The minimum absolute atomic E-state index is 0.440. The van der Waals surface area contributed by atoms with Crippen molar-refractivity contribution in [3.05, 3.63) is 66.4 Å². The summed E-state index contributed by atoms with van der Waals surface area (Å²) in [4.78, 5) is 9.60. The Morgan fingerprint density at radius 2 is 1.93 bits per heavy atom. The van der Waals surface area contributed by atoms with Crippen molar-refractivity contribution >= 4 is 16.6 Å². The number of piperazine rings is 1. The number of aromatic nitrogens is 1. The summed E-state index contributed by atoms with van der Waals surface area (Å²) in [6.07, 6.45) is 2.86. The van der Waals surface area contributed by atoms with Gasteiger partial charge in [0.25, 0.3) is 0 Å². The number of para-hydroxylation sites is 1. The molecule has 30 heavy (non-hydrogen) atoms. The molecule has 2 aromatic carbocycles. The fraction of sp³-hybridized carbons (Fsp3) is 0.400. The molecule has 1 fully saturated rings. The molecule has 1 aromatic heterocycles. The van der Waals surface area contributed by atoms with Crippen LogP contribution in [0.25, 0.3) is 10.9 Å². The van der Waals surface area contributed by atoms with Gasteiger partial charge in [0, 0.05) is 56.0 Å². The lowest BCUT2D eigenvalue weighted by Gasteiger charge is -2.40. The standard InChI is InChI=1S/C25H32N4O/c1-3-18-30-24-11-7-10-21-22(12-13-27-25(21)24)26-14-15-29-17-16-28(2)19-23(29)20-8-5-4-6-9-20/h4-13,23H,3,14-19H2,1-2H3,(H,26,27). The zero-order valence-corrected chi connectivity index (χ0v) is 18.1. The molecule has 158 valence electrons. The van der Waals surface area contributed by atoms with Gasteiger partial charge >= 0.3 is 0 Å². The SMILES string of the molecule is CCCOc1cccc2c(NCCN3CCN(C)CC3c3ccccc3)ccnc12. The molecule has 5 heteroatoms. The van der Waals surface area contributed by atoms with Crippen molar-refractivity contribution in [1.29, 1.82) is 0 Å². The minimum Gasteiger partial charge on any atom is -0.491 e. The van der Waals surface area contributed by atoms with Crippen LogP contribution in [0.1, 0.15) is 24.9 Å². The van der Waals surface area contributed by atoms with E-state index in [4.69, 9.17) is 4.74 Å². The Balaban J connectivity index is 1.45. The molecule has 2 heterocycles. The number of hydrogen-bond donors (Lipinski definition) is 1. The number of benzene rings is 2. The molecule has 1 N–H and O–H groups in total. The monoisotopic (exact) mass is 404 g/mol. The number of likely N-dealkylation sites (N-methyl/N-ethyl adjacent to an activating group) is 1. The van der Waals surface area contributed by atoms with E-state index in [0.29, 0.717) is 12.6 Å². The smallest absolute Gasteiger partial charge is 0.145 e. The van der Waals surface area contributed by atoms with Crippen LogP contribution in [0.2, 0.25) is 0 Å². The minimum atomic E-state index is 0.440. The van der Waals surface area contributed by atoms with Crippen LogP contribution in [0.5, 0.6) is 5.75 Å². The van der Waals surface area contributed by atoms with Crippen LogP contribution in [0.4, 0.5) is 5.69 Å². The van der Waals surface area contributed by atoms with Gasteiger partial charge in [0.15, 0.2) is 0 Å². The summed E-state index contributed by atoms with van der Waals surface area (Å²) in [6, 6.07) is 19.5. The number of anilines is 1. The van der Waals surface area contributed by atoms with Gasteiger partial charge in [-0.1, -0.05) is 49.4 Å². The Morgan fingerprint density at radius 3 is 2.77 bits per heavy atom. The highest BCUT2D eigenvalue weighted by Crippen LogP contribution is 2.29. The van der Waals surface area contributed by atoms with E-state index in [2.05, 4.69) is 76.5 Å². The van der Waals surface area contributed by atoms with Gasteiger partial charge in [0.2, 0.25) is 0 Å². The number of ether oxygens (including phenoxy) is 1. The van der Waals surface area contributed by atoms with Crippen LogP contribution in [-0.2, 0) is 0 Å². The zero-order valence-electron chi connectivity index (χ0n) is 18.1. The van der Waals surface area contributed by atoms with E-state index >= 15 is 0 Å². The summed E-state index contributed by atoms with van der Waals surface area (Å²) >= 11 is 0. The van der Waals surface area contributed by atoms with Crippen molar-refractivity contribution in [1.82, 2.24) is 14.8 Å². The highest BCUT2D eigenvalue weighted by Gasteiger charge is 2.26. The maximum Gasteiger partial charge on any atom is 0.145 e. The van der Waals surface area contributed by atoms with Crippen molar-refractivity contribution in [2.24, 2.45) is 0 Å². The van der Waals surface area contributed by atoms with Gasteiger partial charge in [-0.15, -0.1) is 0 Å². The maximum absolute atomic E-state index is 5.89. The summed E-state index contributed by atoms with van der Waals surface area (Å²) in [5.41, 5.74) is 3.45. The normalized spacial score (nSPS) is 17.9. The second-order valence-electron chi connectivity index (χ2n) is 8.01. The van der Waals surface area contributed by atoms with Crippen LogP contribution < -0.4 is 10.1 Å². The largest absolute Gasteiger partial charge is 0.491 e. The molecule has 1 saturated heterocycles. The highest BCUT2D eigenvalue weighted by molar-refractivity contribution is 5.94. The third-order valence-electron chi connectivity index (χ3n) is 5.79. The van der Waals surface area contributed by atoms with Gasteiger partial charge in [-0.3, -0.25) is 9.88 Å². The molecule has 0 saturated carbocycles. The Labute approximate surface area is 179 Å². The third kappa shape index (κ3) is 4.74. The van der Waals surface area contributed by atoms with Gasteiger partial charge in [-0.05, 0) is 31.2 Å². The molecular weight excluding hydrogens is 372 g/mol. The molecule has 0 bridgehead atoms. The van der Waals surface area contributed by atoms with Crippen LogP contribution in [0, 0.1) is 0 Å². The average molecular weight is 405 g/mol.